The minimum absolute atomic E-state index is 0. The molecule has 1 aromatic rings. The summed E-state index contributed by atoms with van der Waals surface area (Å²) in [6.45, 7) is 0. The second-order valence-electron chi connectivity index (χ2n) is 3.19. The van der Waals surface area contributed by atoms with Gasteiger partial charge in [0.1, 0.15) is 18.1 Å². The summed E-state index contributed by atoms with van der Waals surface area (Å²) in [6, 6.07) is 0. The summed E-state index contributed by atoms with van der Waals surface area (Å²) in [6.07, 6.45) is 8.73. The second-order valence-corrected chi connectivity index (χ2v) is 3.19. The fourth-order valence-corrected chi connectivity index (χ4v) is 1.04. The fourth-order valence-electron chi connectivity index (χ4n) is 1.04. The SMILES string of the molecule is O.O=C(N[O-])c1cnccn1.O=NC(=O)C1=C[NH2+]C=CN1.[Mn+2]. The van der Waals surface area contributed by atoms with Crippen molar-refractivity contribution in [2.45, 2.75) is 0 Å². The largest absolute Gasteiger partial charge is 2.00 e. The zero-order valence-corrected chi connectivity index (χ0v) is 12.1. The van der Waals surface area contributed by atoms with Gasteiger partial charge in [-0.05, 0) is 0 Å². The zero-order valence-electron chi connectivity index (χ0n) is 10.9. The summed E-state index contributed by atoms with van der Waals surface area (Å²) in [5.74, 6) is -1.55. The molecular formula is C10H12MnN6O5+2. The second kappa shape index (κ2) is 12.3. The molecule has 2 rings (SSSR count). The summed E-state index contributed by atoms with van der Waals surface area (Å²) in [5.41, 5.74) is 1.42. The molecule has 1 aliphatic heterocycles. The Hall–Kier alpha value is -2.50. The van der Waals surface area contributed by atoms with Crippen molar-refractivity contribution in [2.24, 2.45) is 5.18 Å². The molecule has 0 unspecified atom stereocenters. The van der Waals surface area contributed by atoms with E-state index < -0.39 is 11.8 Å². The molecule has 0 aliphatic carbocycles. The molecule has 1 radical (unpaired) electrons. The van der Waals surface area contributed by atoms with Crippen LogP contribution in [0.15, 0.2) is 48.1 Å². The van der Waals surface area contributed by atoms with E-state index >= 15 is 0 Å². The van der Waals surface area contributed by atoms with Crippen molar-refractivity contribution in [1.29, 1.82) is 0 Å². The first-order valence-corrected chi connectivity index (χ1v) is 5.22. The number of hydroxylamine groups is 1. The van der Waals surface area contributed by atoms with Crippen molar-refractivity contribution in [2.75, 3.05) is 0 Å². The molecule has 12 heteroatoms. The first kappa shape index (κ1) is 21.8. The normalized spacial score (nSPS) is 11.0. The van der Waals surface area contributed by atoms with E-state index in [1.807, 2.05) is 0 Å². The number of carbonyl (C=O) groups excluding carboxylic acids is 2. The monoisotopic (exact) mass is 351 g/mol. The quantitative estimate of drug-likeness (QED) is 0.302. The van der Waals surface area contributed by atoms with Crippen LogP contribution in [0.1, 0.15) is 10.5 Å². The molecular weight excluding hydrogens is 339 g/mol. The van der Waals surface area contributed by atoms with Crippen molar-refractivity contribution in [3.63, 3.8) is 0 Å². The number of rotatable bonds is 2. The van der Waals surface area contributed by atoms with E-state index in [1.165, 1.54) is 30.3 Å². The minimum atomic E-state index is -0.777. The van der Waals surface area contributed by atoms with E-state index in [1.54, 1.807) is 17.7 Å². The van der Waals surface area contributed by atoms with Crippen molar-refractivity contribution in [3.8, 4) is 0 Å². The summed E-state index contributed by atoms with van der Waals surface area (Å²) in [7, 11) is 0. The predicted molar refractivity (Wildman–Crippen MR) is 69.6 cm³/mol. The Bertz CT molecular complexity index is 550. The van der Waals surface area contributed by atoms with E-state index in [4.69, 9.17) is 0 Å². The third-order valence-corrected chi connectivity index (χ3v) is 1.91. The molecule has 0 saturated carbocycles. The maximum atomic E-state index is 10.5. The molecule has 1 aromatic heterocycles. The number of amides is 2. The number of nitrogens with zero attached hydrogens (tertiary/aromatic N) is 3. The third kappa shape index (κ3) is 7.33. The third-order valence-electron chi connectivity index (χ3n) is 1.91. The van der Waals surface area contributed by atoms with Crippen LogP contribution < -0.4 is 16.1 Å². The molecule has 11 nitrogen and oxygen atoms in total. The van der Waals surface area contributed by atoms with E-state index in [-0.39, 0.29) is 33.9 Å². The molecule has 2 heterocycles. The van der Waals surface area contributed by atoms with Gasteiger partial charge in [0.25, 0.3) is 5.91 Å². The molecule has 0 fully saturated rings. The van der Waals surface area contributed by atoms with Crippen LogP contribution in [-0.4, -0.2) is 27.3 Å². The molecule has 0 saturated heterocycles. The van der Waals surface area contributed by atoms with Gasteiger partial charge in [-0.3, -0.25) is 19.9 Å². The van der Waals surface area contributed by atoms with Gasteiger partial charge in [-0.1, -0.05) is 0 Å². The van der Waals surface area contributed by atoms with Crippen LogP contribution in [0.5, 0.6) is 0 Å². The Morgan fingerprint density at radius 1 is 1.36 bits per heavy atom. The maximum absolute atomic E-state index is 10.5. The van der Waals surface area contributed by atoms with Crippen molar-refractivity contribution in [1.82, 2.24) is 20.8 Å². The van der Waals surface area contributed by atoms with Crippen molar-refractivity contribution >= 4 is 11.8 Å². The molecule has 2 amide bonds. The summed E-state index contributed by atoms with van der Waals surface area (Å²) < 4.78 is 0. The summed E-state index contributed by atoms with van der Waals surface area (Å²) >= 11 is 0. The van der Waals surface area contributed by atoms with Crippen molar-refractivity contribution < 1.29 is 37.5 Å². The number of nitroso groups, excluding NO2 is 1. The smallest absolute Gasteiger partial charge is 0.759 e. The molecule has 0 aromatic carbocycles. The summed E-state index contributed by atoms with van der Waals surface area (Å²) in [5, 5.41) is 16.2. The summed E-state index contributed by atoms with van der Waals surface area (Å²) in [4.78, 5) is 37.8. The Labute approximate surface area is 134 Å². The number of nitrogens with one attached hydrogen (secondary N) is 2. The van der Waals surface area contributed by atoms with E-state index in [9.17, 15) is 19.7 Å². The van der Waals surface area contributed by atoms with Gasteiger partial charge in [0.2, 0.25) is 0 Å². The van der Waals surface area contributed by atoms with Gasteiger partial charge in [-0.2, -0.15) is 0 Å². The van der Waals surface area contributed by atoms with Gasteiger partial charge < -0.3 is 21.5 Å². The zero-order chi connectivity index (χ0) is 14.8. The molecule has 22 heavy (non-hydrogen) atoms. The van der Waals surface area contributed by atoms with Gasteiger partial charge in [0, 0.05) is 17.6 Å². The average Bonchev–Trinajstić information content (AvgIpc) is 2.55. The Kier molecular flexibility index (Phi) is 12.1. The molecule has 1 aliphatic rings. The number of hydrogen-bond donors (Lipinski definition) is 3. The van der Waals surface area contributed by atoms with E-state index in [2.05, 4.69) is 20.5 Å². The molecule has 0 atom stereocenters. The van der Waals surface area contributed by atoms with Crippen LogP contribution in [0.3, 0.4) is 0 Å². The van der Waals surface area contributed by atoms with Crippen LogP contribution in [0.25, 0.3) is 0 Å². The number of nitrogens with two attached hydrogens (primary N) is 1. The first-order valence-electron chi connectivity index (χ1n) is 5.22. The van der Waals surface area contributed by atoms with Gasteiger partial charge in [0.05, 0.1) is 12.4 Å². The van der Waals surface area contributed by atoms with Crippen LogP contribution >= 0.6 is 0 Å². The Morgan fingerprint density at radius 3 is 2.55 bits per heavy atom. The fraction of sp³-hybridized carbons (Fsp3) is 0. The average molecular weight is 351 g/mol. The Balaban J connectivity index is 0. The van der Waals surface area contributed by atoms with Gasteiger partial charge in [0.15, 0.2) is 5.70 Å². The predicted octanol–water partition coefficient (Wildman–Crippen LogP) is -2.36. The van der Waals surface area contributed by atoms with Crippen LogP contribution in [0, 0.1) is 10.1 Å². The van der Waals surface area contributed by atoms with E-state index in [0.29, 0.717) is 0 Å². The number of quaternary nitrogens is 1. The molecule has 0 bridgehead atoms. The minimum Gasteiger partial charge on any atom is -0.759 e. The van der Waals surface area contributed by atoms with E-state index in [0.717, 1.165) is 0 Å². The van der Waals surface area contributed by atoms with Crippen LogP contribution in [0.4, 0.5) is 0 Å². The number of hydrogen-bond acceptors (Lipinski definition) is 7. The standard InChI is InChI=1S/C5H5N3O2.C5H4N3O2.Mn.H2O/c2*9-5(8-10)4-3-6-1-2-7-4;;/h1-3,6-7H;1-3H,(H-,6,7,8,9,10);;1H2/q;-1;+2;/p+1. The maximum Gasteiger partial charge on any atom is 2.00 e. The molecule has 0 spiro atoms. The topological polar surface area (TPSA) is 185 Å². The van der Waals surface area contributed by atoms with Gasteiger partial charge in [-0.15, -0.1) is 4.91 Å². The molecule has 117 valence electrons. The number of aromatic nitrogens is 2. The van der Waals surface area contributed by atoms with Crippen LogP contribution in [-0.2, 0) is 21.9 Å². The van der Waals surface area contributed by atoms with Gasteiger partial charge >= 0.3 is 23.0 Å². The van der Waals surface area contributed by atoms with Crippen molar-refractivity contribution in [3.05, 3.63) is 58.7 Å². The number of carbonyl (C=O) groups is 2. The Morgan fingerprint density at radius 2 is 2.09 bits per heavy atom. The molecule has 6 N–H and O–H groups in total. The van der Waals surface area contributed by atoms with Gasteiger partial charge in [-0.25, -0.2) is 4.98 Å². The first-order chi connectivity index (χ1) is 9.69. The van der Waals surface area contributed by atoms with Crippen LogP contribution in [0.2, 0.25) is 0 Å².